The zero-order valence-corrected chi connectivity index (χ0v) is 62.2. The highest BCUT2D eigenvalue weighted by Crippen LogP contribution is 2.47. The third-order valence-electron chi connectivity index (χ3n) is 13.2. The van der Waals surface area contributed by atoms with E-state index in [-0.39, 0.29) is 0 Å². The Bertz CT molecular complexity index is 1400. The molecule has 0 rings (SSSR count). The molecule has 440 valence electrons. The molecule has 4 atom stereocenters. The SMILES string of the molecule is CCCCCCCCCCCC(OC(CCCCCCCCCCC)(C(O)CO)[Si](C)(C)O[Si](C)(C)O[Si](C)(C)O[Si](C)(C)O[Si](C)(C)C)(C(O)CO)[Si](C)(C)O[Si](C)(C)O[Si](C)(C)O[Si](C)(C)O[Si](C)(C)C. The number of aliphatic hydroxyl groups is 4. The van der Waals surface area contributed by atoms with E-state index in [0.717, 1.165) is 38.5 Å². The second-order valence-electron chi connectivity index (χ2n) is 26.9. The molecule has 0 aliphatic heterocycles. The number of hydrogen-bond acceptors (Lipinski definition) is 13. The van der Waals surface area contributed by atoms with E-state index in [1.807, 2.05) is 26.2 Å². The molecule has 23 heteroatoms. The quantitative estimate of drug-likeness (QED) is 0.0337. The minimum atomic E-state index is -3.46. The molecular weight excluding hydrogens is 1090 g/mol. The summed E-state index contributed by atoms with van der Waals surface area (Å²) in [6, 6.07) is 0. The van der Waals surface area contributed by atoms with E-state index in [1.165, 1.54) is 64.2 Å². The van der Waals surface area contributed by atoms with Crippen LogP contribution in [-0.4, -0.2) is 141 Å². The predicted octanol–water partition coefficient (Wildman–Crippen LogP) is 14.5. The molecule has 4 N–H and O–H groups in total. The first-order valence-corrected chi connectivity index (χ1v) is 58.4. The van der Waals surface area contributed by atoms with Crippen LogP contribution in [0.5, 0.6) is 0 Å². The van der Waals surface area contributed by atoms with E-state index in [9.17, 15) is 20.4 Å². The van der Waals surface area contributed by atoms with Crippen LogP contribution in [0.15, 0.2) is 0 Å². The Labute approximate surface area is 462 Å². The van der Waals surface area contributed by atoms with Crippen molar-refractivity contribution >= 4 is 84.6 Å². The Morgan fingerprint density at radius 3 is 0.726 bits per heavy atom. The average molecular weight is 1210 g/mol. The molecule has 0 fully saturated rings. The highest BCUT2D eigenvalue weighted by Gasteiger charge is 2.66. The van der Waals surface area contributed by atoms with Crippen LogP contribution in [0.4, 0.5) is 0 Å². The number of unbranched alkanes of at least 4 members (excludes halogenated alkanes) is 16. The molecule has 0 amide bonds. The van der Waals surface area contributed by atoms with Crippen molar-refractivity contribution in [3.8, 4) is 0 Å². The number of aliphatic hydroxyl groups excluding tert-OH is 4. The Morgan fingerprint density at radius 1 is 0.301 bits per heavy atom. The summed E-state index contributed by atoms with van der Waals surface area (Å²) in [5.41, 5.74) is 0. The lowest BCUT2D eigenvalue weighted by atomic mass is 9.99. The first-order chi connectivity index (χ1) is 32.9. The molecule has 0 saturated carbocycles. The molecule has 0 aromatic carbocycles. The zero-order chi connectivity index (χ0) is 57.1. The minimum absolute atomic E-state index is 0.375. The summed E-state index contributed by atoms with van der Waals surface area (Å²) < 4.78 is 64.1. The highest BCUT2D eigenvalue weighted by atomic mass is 28.5. The third kappa shape index (κ3) is 29.3. The fourth-order valence-corrected chi connectivity index (χ4v) is 61.1. The largest absolute Gasteiger partial charge is 0.437 e. The smallest absolute Gasteiger partial charge is 0.314 e. The lowest BCUT2D eigenvalue weighted by Crippen LogP contribution is -2.77. The molecule has 0 aliphatic carbocycles. The molecule has 0 saturated heterocycles. The maximum atomic E-state index is 12.7. The summed E-state index contributed by atoms with van der Waals surface area (Å²) in [5, 5.41) is 45.2. The normalized spacial score (nSPS) is 16.9. The maximum absolute atomic E-state index is 12.7. The molecule has 0 bridgehead atoms. The van der Waals surface area contributed by atoms with Gasteiger partial charge in [-0.3, -0.25) is 0 Å². The van der Waals surface area contributed by atoms with Crippen LogP contribution in [-0.2, 0) is 37.7 Å². The molecular formula is C50H122O13Si10. The molecule has 73 heavy (non-hydrogen) atoms. The van der Waals surface area contributed by atoms with E-state index in [2.05, 4.69) is 132 Å². The standard InChI is InChI=1S/C50H122O13Si10/c1-25-27-29-31-33-35-37-39-41-43-49(47(53)45-51,66(9,10)58-70(17,18)62-72(21,22)60-68(13,14)56-64(3,4)5)55-50(48(54)46-52,44-42-40-38-36-34-32-30-28-26-2)67(11,12)59-71(19,20)63-73(23,24)61-69(15,16)57-65(6,7)8/h47-48,51-54H,25-46H2,1-24H3. The topological polar surface area (TPSA) is 164 Å². The average Bonchev–Trinajstić information content (AvgIpc) is 3.15. The fourth-order valence-electron chi connectivity index (χ4n) is 11.6. The predicted molar refractivity (Wildman–Crippen MR) is 332 cm³/mol. The van der Waals surface area contributed by atoms with Gasteiger partial charge in [-0.25, -0.2) is 0 Å². The Balaban J connectivity index is 7.94. The van der Waals surface area contributed by atoms with E-state index in [1.54, 1.807) is 0 Å². The molecule has 0 heterocycles. The van der Waals surface area contributed by atoms with Gasteiger partial charge in [0.1, 0.15) is 22.7 Å². The molecule has 0 spiro atoms. The number of rotatable bonds is 44. The second-order valence-corrected chi connectivity index (χ2v) is 66.4. The van der Waals surface area contributed by atoms with Crippen molar-refractivity contribution in [1.82, 2.24) is 0 Å². The van der Waals surface area contributed by atoms with E-state index in [0.29, 0.717) is 25.7 Å². The highest BCUT2D eigenvalue weighted by molar-refractivity contribution is 6.92. The third-order valence-corrected chi connectivity index (χ3v) is 51.2. The van der Waals surface area contributed by atoms with Gasteiger partial charge in [-0.05, 0) is 157 Å². The van der Waals surface area contributed by atoms with Crippen molar-refractivity contribution in [3.05, 3.63) is 0 Å². The van der Waals surface area contributed by atoms with Crippen molar-refractivity contribution in [1.29, 1.82) is 0 Å². The lowest BCUT2D eigenvalue weighted by Gasteiger charge is -2.58. The maximum Gasteiger partial charge on any atom is 0.314 e. The molecule has 0 aromatic rings. The lowest BCUT2D eigenvalue weighted by molar-refractivity contribution is -0.196. The fraction of sp³-hybridized carbons (Fsp3) is 1.00. The van der Waals surface area contributed by atoms with Crippen LogP contribution >= 0.6 is 0 Å². The summed E-state index contributed by atoms with van der Waals surface area (Å²) in [4.78, 5) is 0. The summed E-state index contributed by atoms with van der Waals surface area (Å²) in [7, 11) is -28.0. The van der Waals surface area contributed by atoms with Gasteiger partial charge in [0.25, 0.3) is 0 Å². The van der Waals surface area contributed by atoms with Gasteiger partial charge in [-0.15, -0.1) is 0 Å². The van der Waals surface area contributed by atoms with Crippen molar-refractivity contribution in [3.63, 3.8) is 0 Å². The van der Waals surface area contributed by atoms with Crippen molar-refractivity contribution in [2.45, 2.75) is 309 Å². The van der Waals surface area contributed by atoms with Gasteiger partial charge in [-0.2, -0.15) is 0 Å². The van der Waals surface area contributed by atoms with Gasteiger partial charge in [0.15, 0.2) is 16.6 Å². The zero-order valence-electron chi connectivity index (χ0n) is 52.2. The van der Waals surface area contributed by atoms with Gasteiger partial charge in [-0.1, -0.05) is 129 Å². The van der Waals surface area contributed by atoms with Crippen LogP contribution < -0.4 is 0 Å². The molecule has 0 aliphatic rings. The Hall–Kier alpha value is 1.65. The second kappa shape index (κ2) is 31.7. The summed E-state index contributed by atoms with van der Waals surface area (Å²) in [6.07, 6.45) is 17.8. The summed E-state index contributed by atoms with van der Waals surface area (Å²) in [6.45, 7) is 49.4. The van der Waals surface area contributed by atoms with Gasteiger partial charge in [0.05, 0.1) is 13.2 Å². The van der Waals surface area contributed by atoms with Gasteiger partial charge in [0.2, 0.25) is 16.6 Å². The first kappa shape index (κ1) is 74.6. The number of hydrogen-bond donors (Lipinski definition) is 4. The summed E-state index contributed by atoms with van der Waals surface area (Å²) in [5.74, 6) is 0. The van der Waals surface area contributed by atoms with Gasteiger partial charge < -0.3 is 58.1 Å². The Morgan fingerprint density at radius 2 is 0.507 bits per heavy atom. The van der Waals surface area contributed by atoms with Crippen molar-refractivity contribution in [2.75, 3.05) is 13.2 Å². The number of ether oxygens (including phenoxy) is 1. The van der Waals surface area contributed by atoms with E-state index >= 15 is 0 Å². The van der Waals surface area contributed by atoms with Crippen LogP contribution in [0.25, 0.3) is 0 Å². The van der Waals surface area contributed by atoms with Crippen LogP contribution in [0.3, 0.4) is 0 Å². The summed E-state index contributed by atoms with van der Waals surface area (Å²) >= 11 is 0. The van der Waals surface area contributed by atoms with E-state index < -0.39 is 121 Å². The van der Waals surface area contributed by atoms with Gasteiger partial charge >= 0.3 is 51.4 Å². The molecule has 0 radical (unpaired) electrons. The molecule has 13 nitrogen and oxygen atoms in total. The molecule has 0 aromatic heterocycles. The van der Waals surface area contributed by atoms with Crippen LogP contribution in [0, 0.1) is 0 Å². The molecule has 4 unspecified atom stereocenters. The van der Waals surface area contributed by atoms with Crippen molar-refractivity contribution < 1.29 is 58.1 Å². The first-order valence-electron chi connectivity index (χ1n) is 28.8. The monoisotopic (exact) mass is 1210 g/mol. The van der Waals surface area contributed by atoms with Crippen LogP contribution in [0.1, 0.15) is 142 Å². The van der Waals surface area contributed by atoms with Crippen molar-refractivity contribution in [2.24, 2.45) is 0 Å². The van der Waals surface area contributed by atoms with E-state index in [4.69, 9.17) is 37.7 Å². The van der Waals surface area contributed by atoms with Gasteiger partial charge in [0, 0.05) is 0 Å². The van der Waals surface area contributed by atoms with Crippen LogP contribution in [0.2, 0.25) is 144 Å². The minimum Gasteiger partial charge on any atom is -0.437 e. The Kier molecular flexibility index (Phi) is 32.5.